The first kappa shape index (κ1) is 19.0. The van der Waals surface area contributed by atoms with E-state index in [0.29, 0.717) is 16.4 Å². The van der Waals surface area contributed by atoms with Crippen LogP contribution in [-0.4, -0.2) is 20.1 Å². The molecule has 0 heterocycles. The van der Waals surface area contributed by atoms with Crippen LogP contribution in [0.3, 0.4) is 0 Å². The monoisotopic (exact) mass is 360 g/mol. The van der Waals surface area contributed by atoms with Crippen LogP contribution in [0.25, 0.3) is 0 Å². The first-order valence-corrected chi connectivity index (χ1v) is 8.11. The molecule has 0 aromatic heterocycles. The Morgan fingerprint density at radius 2 is 2.04 bits per heavy atom. The summed E-state index contributed by atoms with van der Waals surface area (Å²) in [6.07, 6.45) is 3.54. The highest BCUT2D eigenvalue weighted by Crippen LogP contribution is 2.43. The average molecular weight is 361 g/mol. The average Bonchev–Trinajstić information content (AvgIpc) is 2.60. The molecule has 25 heavy (non-hydrogen) atoms. The van der Waals surface area contributed by atoms with Gasteiger partial charge in [-0.3, -0.25) is 4.79 Å². The van der Waals surface area contributed by atoms with Crippen molar-refractivity contribution >= 4 is 17.5 Å². The molecular weight excluding hydrogens is 340 g/mol. The smallest absolute Gasteiger partial charge is 0.244 e. The van der Waals surface area contributed by atoms with Gasteiger partial charge in [0.1, 0.15) is 5.76 Å². The second kappa shape index (κ2) is 6.91. The third kappa shape index (κ3) is 3.28. The number of primary amides is 1. The molecule has 1 aromatic rings. The second-order valence-corrected chi connectivity index (χ2v) is 6.84. The number of hydrogen-bond donors (Lipinski definition) is 1. The molecule has 6 heteroatoms. The van der Waals surface area contributed by atoms with Crippen LogP contribution in [0, 0.1) is 11.3 Å². The van der Waals surface area contributed by atoms with Crippen molar-refractivity contribution in [3.63, 3.8) is 0 Å². The van der Waals surface area contributed by atoms with Crippen LogP contribution in [0.4, 0.5) is 0 Å². The molecule has 1 aromatic carbocycles. The largest absolute Gasteiger partial charge is 0.498 e. The Labute approximate surface area is 152 Å². The van der Waals surface area contributed by atoms with Crippen molar-refractivity contribution in [3.8, 4) is 6.07 Å². The molecule has 1 aliphatic rings. The van der Waals surface area contributed by atoms with Crippen molar-refractivity contribution in [2.24, 2.45) is 5.73 Å². The van der Waals surface area contributed by atoms with Gasteiger partial charge in [-0.2, -0.15) is 5.26 Å². The van der Waals surface area contributed by atoms with Crippen LogP contribution in [0.5, 0.6) is 0 Å². The summed E-state index contributed by atoms with van der Waals surface area (Å²) in [5.41, 5.74) is 5.58. The van der Waals surface area contributed by atoms with E-state index in [9.17, 15) is 10.1 Å². The molecule has 0 fully saturated rings. The van der Waals surface area contributed by atoms with Crippen LogP contribution in [0.1, 0.15) is 31.4 Å². The van der Waals surface area contributed by atoms with Gasteiger partial charge >= 0.3 is 0 Å². The molecule has 5 nitrogen and oxygen atoms in total. The van der Waals surface area contributed by atoms with Gasteiger partial charge in [-0.15, -0.1) is 0 Å². The van der Waals surface area contributed by atoms with Crippen LogP contribution in [0.2, 0.25) is 5.02 Å². The molecule has 1 amide bonds. The SMILES string of the molecule is COC1=CC=C(C(N)=O)CC1(OC)c1ccc(C(C)(C)C#N)c(Cl)c1. The maximum atomic E-state index is 11.6. The van der Waals surface area contributed by atoms with Gasteiger partial charge in [0.05, 0.1) is 18.6 Å². The lowest BCUT2D eigenvalue weighted by molar-refractivity contribution is -0.115. The van der Waals surface area contributed by atoms with Crippen molar-refractivity contribution in [1.82, 2.24) is 0 Å². The summed E-state index contributed by atoms with van der Waals surface area (Å²) in [5, 5.41) is 9.79. The number of carbonyl (C=O) groups is 1. The molecule has 1 atom stereocenters. The Hall–Kier alpha value is -2.29. The summed E-state index contributed by atoms with van der Waals surface area (Å²) in [4.78, 5) is 11.6. The summed E-state index contributed by atoms with van der Waals surface area (Å²) in [7, 11) is 3.08. The Kier molecular flexibility index (Phi) is 5.26. The predicted octanol–water partition coefficient (Wildman–Crippen LogP) is 3.33. The third-order valence-electron chi connectivity index (χ3n) is 4.55. The Morgan fingerprint density at radius 3 is 2.52 bits per heavy atom. The Balaban J connectivity index is 2.60. The van der Waals surface area contributed by atoms with Gasteiger partial charge in [0, 0.05) is 24.1 Å². The zero-order valence-electron chi connectivity index (χ0n) is 14.7. The lowest BCUT2D eigenvalue weighted by atomic mass is 9.79. The summed E-state index contributed by atoms with van der Waals surface area (Å²) in [6.45, 7) is 3.60. The topological polar surface area (TPSA) is 85.3 Å². The molecule has 2 N–H and O–H groups in total. The number of amides is 1. The molecule has 0 bridgehead atoms. The fourth-order valence-corrected chi connectivity index (χ4v) is 3.41. The molecule has 0 aliphatic heterocycles. The van der Waals surface area contributed by atoms with Gasteiger partial charge in [-0.05, 0) is 43.2 Å². The summed E-state index contributed by atoms with van der Waals surface area (Å²) >= 11 is 6.45. The summed E-state index contributed by atoms with van der Waals surface area (Å²) in [5.74, 6) is 0.0320. The van der Waals surface area contributed by atoms with E-state index in [1.54, 1.807) is 38.1 Å². The minimum atomic E-state index is -1.01. The lowest BCUT2D eigenvalue weighted by Gasteiger charge is -2.37. The number of benzene rings is 1. The van der Waals surface area contributed by atoms with Crippen molar-refractivity contribution in [1.29, 1.82) is 5.26 Å². The number of allylic oxidation sites excluding steroid dienone is 2. The molecule has 0 saturated heterocycles. The Morgan fingerprint density at radius 1 is 1.36 bits per heavy atom. The van der Waals surface area contributed by atoms with Crippen LogP contribution < -0.4 is 5.73 Å². The first-order valence-electron chi connectivity index (χ1n) is 7.74. The number of hydrogen-bond acceptors (Lipinski definition) is 4. The third-order valence-corrected chi connectivity index (χ3v) is 4.86. The van der Waals surface area contributed by atoms with Gasteiger partial charge in [0.15, 0.2) is 5.60 Å². The van der Waals surface area contributed by atoms with Crippen molar-refractivity contribution in [3.05, 3.63) is 57.8 Å². The van der Waals surface area contributed by atoms with E-state index < -0.39 is 16.9 Å². The highest BCUT2D eigenvalue weighted by molar-refractivity contribution is 6.31. The van der Waals surface area contributed by atoms with Crippen LogP contribution in [0.15, 0.2) is 41.7 Å². The molecular formula is C19H21ClN2O3. The summed E-state index contributed by atoms with van der Waals surface area (Å²) < 4.78 is 11.3. The van der Waals surface area contributed by atoms with Crippen molar-refractivity contribution < 1.29 is 14.3 Å². The zero-order chi connectivity index (χ0) is 18.8. The Bertz CT molecular complexity index is 805. The standard InChI is InChI=1S/C19H21ClN2O3/c1-18(2,11-21)14-7-6-13(9-15(14)20)19(25-4)10-12(17(22)23)5-8-16(19)24-3/h5-9H,10H2,1-4H3,(H2,22,23). The van der Waals surface area contributed by atoms with Crippen molar-refractivity contribution in [2.75, 3.05) is 14.2 Å². The number of nitrogens with zero attached hydrogens (tertiary/aromatic N) is 1. The highest BCUT2D eigenvalue weighted by atomic mass is 35.5. The number of ether oxygens (including phenoxy) is 2. The maximum absolute atomic E-state index is 11.6. The fourth-order valence-electron chi connectivity index (χ4n) is 3.00. The molecule has 1 aliphatic carbocycles. The number of halogens is 1. The van der Waals surface area contributed by atoms with Gasteiger partial charge in [-0.1, -0.05) is 23.7 Å². The number of rotatable bonds is 5. The molecule has 2 rings (SSSR count). The number of nitriles is 1. The quantitative estimate of drug-likeness (QED) is 0.872. The van der Waals surface area contributed by atoms with E-state index in [1.165, 1.54) is 14.2 Å². The minimum absolute atomic E-state index is 0.232. The van der Waals surface area contributed by atoms with Gasteiger partial charge in [0.25, 0.3) is 0 Å². The predicted molar refractivity (Wildman–Crippen MR) is 95.8 cm³/mol. The van der Waals surface area contributed by atoms with Crippen molar-refractivity contribution in [2.45, 2.75) is 31.3 Å². The normalized spacial score (nSPS) is 20.3. The van der Waals surface area contributed by atoms with E-state index in [2.05, 4.69) is 6.07 Å². The molecule has 0 saturated carbocycles. The molecule has 132 valence electrons. The minimum Gasteiger partial charge on any atom is -0.498 e. The van der Waals surface area contributed by atoms with E-state index in [4.69, 9.17) is 26.8 Å². The number of nitrogens with two attached hydrogens (primary N) is 1. The summed E-state index contributed by atoms with van der Waals surface area (Å²) in [6, 6.07) is 7.62. The number of carbonyl (C=O) groups excluding carboxylic acids is 1. The first-order chi connectivity index (χ1) is 11.7. The van der Waals surface area contributed by atoms with Crippen LogP contribution in [-0.2, 0) is 25.3 Å². The van der Waals surface area contributed by atoms with Gasteiger partial charge < -0.3 is 15.2 Å². The van der Waals surface area contributed by atoms with Gasteiger partial charge in [-0.25, -0.2) is 0 Å². The van der Waals surface area contributed by atoms with E-state index >= 15 is 0 Å². The fraction of sp³-hybridized carbons (Fsp3) is 0.368. The molecule has 0 radical (unpaired) electrons. The van der Waals surface area contributed by atoms with E-state index in [1.807, 2.05) is 6.07 Å². The number of methoxy groups -OCH3 is 2. The maximum Gasteiger partial charge on any atom is 0.244 e. The highest BCUT2D eigenvalue weighted by Gasteiger charge is 2.42. The van der Waals surface area contributed by atoms with Crippen LogP contribution >= 0.6 is 11.6 Å². The zero-order valence-corrected chi connectivity index (χ0v) is 15.5. The lowest BCUT2D eigenvalue weighted by Crippen LogP contribution is -2.36. The van der Waals surface area contributed by atoms with E-state index in [0.717, 1.165) is 11.1 Å². The van der Waals surface area contributed by atoms with E-state index in [-0.39, 0.29) is 6.42 Å². The van der Waals surface area contributed by atoms with Gasteiger partial charge in [0.2, 0.25) is 5.91 Å². The second-order valence-electron chi connectivity index (χ2n) is 6.43. The molecule has 0 spiro atoms. The molecule has 1 unspecified atom stereocenters.